The van der Waals surface area contributed by atoms with Gasteiger partial charge in [0, 0.05) is 7.05 Å². The second kappa shape index (κ2) is 3.89. The molecule has 0 saturated heterocycles. The highest BCUT2D eigenvalue weighted by molar-refractivity contribution is 7.80. The maximum Gasteiger partial charge on any atom is 0.268 e. The minimum absolute atomic E-state index is 0.108. The third-order valence-electron chi connectivity index (χ3n) is 1.99. The van der Waals surface area contributed by atoms with Crippen LogP contribution in [-0.4, -0.2) is 30.6 Å². The molecule has 8 heteroatoms. The van der Waals surface area contributed by atoms with Crippen molar-refractivity contribution in [2.75, 3.05) is 0 Å². The highest BCUT2D eigenvalue weighted by atomic mass is 32.1. The number of hydrogen-bond acceptors (Lipinski definition) is 6. The van der Waals surface area contributed by atoms with E-state index in [-0.39, 0.29) is 5.69 Å². The van der Waals surface area contributed by atoms with E-state index in [0.29, 0.717) is 16.7 Å². The van der Waals surface area contributed by atoms with Gasteiger partial charge in [-0.3, -0.25) is 4.79 Å². The zero-order valence-electron chi connectivity index (χ0n) is 8.32. The topological polar surface area (TPSA) is 99.6 Å². The summed E-state index contributed by atoms with van der Waals surface area (Å²) in [5.74, 6) is -0.0968. The summed E-state index contributed by atoms with van der Waals surface area (Å²) in [6, 6.07) is 0. The Kier molecular flexibility index (Phi) is 2.57. The Morgan fingerprint density at radius 3 is 2.56 bits per heavy atom. The normalized spacial score (nSPS) is 10.4. The number of amides is 1. The monoisotopic (exact) mass is 236 g/mol. The second-order valence-corrected chi connectivity index (χ2v) is 3.43. The lowest BCUT2D eigenvalue weighted by Crippen LogP contribution is -2.13. The maximum absolute atomic E-state index is 10.8. The van der Waals surface area contributed by atoms with Gasteiger partial charge in [0.1, 0.15) is 11.4 Å². The Hall–Kier alpha value is -1.96. The first kappa shape index (κ1) is 10.6. The SMILES string of the molecule is Cn1c(S)nnc1-c1cnc(C(N)=O)cn1. The molecule has 0 aliphatic heterocycles. The van der Waals surface area contributed by atoms with Crippen molar-refractivity contribution in [2.24, 2.45) is 12.8 Å². The number of rotatable bonds is 2. The molecular weight excluding hydrogens is 228 g/mol. The number of thiol groups is 1. The molecule has 0 bridgehead atoms. The summed E-state index contributed by atoms with van der Waals surface area (Å²) >= 11 is 4.09. The molecule has 2 heterocycles. The van der Waals surface area contributed by atoms with Crippen molar-refractivity contribution >= 4 is 18.5 Å². The van der Waals surface area contributed by atoms with Crippen LogP contribution in [0, 0.1) is 0 Å². The van der Waals surface area contributed by atoms with E-state index >= 15 is 0 Å². The summed E-state index contributed by atoms with van der Waals surface area (Å²) in [6.07, 6.45) is 2.71. The number of carbonyl (C=O) groups excluding carboxylic acids is 1. The largest absolute Gasteiger partial charge is 0.364 e. The number of carbonyl (C=O) groups is 1. The molecule has 16 heavy (non-hydrogen) atoms. The first-order valence-electron chi connectivity index (χ1n) is 4.30. The van der Waals surface area contributed by atoms with Gasteiger partial charge >= 0.3 is 0 Å². The zero-order chi connectivity index (χ0) is 11.7. The Morgan fingerprint density at radius 2 is 2.12 bits per heavy atom. The average Bonchev–Trinajstić information content (AvgIpc) is 2.60. The van der Waals surface area contributed by atoms with Crippen LogP contribution < -0.4 is 5.73 Å². The molecule has 2 rings (SSSR count). The number of nitrogens with two attached hydrogens (primary N) is 1. The smallest absolute Gasteiger partial charge is 0.268 e. The molecule has 7 nitrogen and oxygen atoms in total. The molecule has 0 unspecified atom stereocenters. The fourth-order valence-electron chi connectivity index (χ4n) is 1.11. The number of hydrogen-bond donors (Lipinski definition) is 2. The molecule has 0 aliphatic carbocycles. The molecule has 2 N–H and O–H groups in total. The van der Waals surface area contributed by atoms with Gasteiger partial charge in [-0.2, -0.15) is 0 Å². The standard InChI is InChI=1S/C8H8N6OS/c1-14-7(12-13-8(14)16)5-3-10-4(2-11-5)6(9)15/h2-3H,1H3,(H2,9,15)(H,13,16). The Bertz CT molecular complexity index is 534. The van der Waals surface area contributed by atoms with Crippen molar-refractivity contribution in [2.45, 2.75) is 5.16 Å². The van der Waals surface area contributed by atoms with Gasteiger partial charge in [0.2, 0.25) is 0 Å². The van der Waals surface area contributed by atoms with E-state index in [2.05, 4.69) is 32.8 Å². The molecule has 82 valence electrons. The summed E-state index contributed by atoms with van der Waals surface area (Å²) in [5, 5.41) is 8.11. The van der Waals surface area contributed by atoms with Crippen molar-refractivity contribution in [3.63, 3.8) is 0 Å². The molecule has 0 saturated carbocycles. The minimum Gasteiger partial charge on any atom is -0.364 e. The summed E-state index contributed by atoms with van der Waals surface area (Å²) in [6.45, 7) is 0. The molecule has 0 aromatic carbocycles. The van der Waals surface area contributed by atoms with Crippen molar-refractivity contribution in [1.29, 1.82) is 0 Å². The Labute approximate surface area is 96.1 Å². The van der Waals surface area contributed by atoms with Gasteiger partial charge < -0.3 is 10.3 Å². The van der Waals surface area contributed by atoms with Crippen LogP contribution in [-0.2, 0) is 7.05 Å². The van der Waals surface area contributed by atoms with E-state index in [1.54, 1.807) is 11.6 Å². The van der Waals surface area contributed by atoms with Crippen LogP contribution in [0.25, 0.3) is 11.5 Å². The van der Waals surface area contributed by atoms with Crippen LogP contribution in [0.4, 0.5) is 0 Å². The summed E-state index contributed by atoms with van der Waals surface area (Å²) in [5.41, 5.74) is 5.66. The van der Waals surface area contributed by atoms with Gasteiger partial charge in [-0.25, -0.2) is 9.97 Å². The van der Waals surface area contributed by atoms with Crippen molar-refractivity contribution < 1.29 is 4.79 Å². The summed E-state index contributed by atoms with van der Waals surface area (Å²) < 4.78 is 1.65. The molecule has 0 radical (unpaired) electrons. The summed E-state index contributed by atoms with van der Waals surface area (Å²) in [4.78, 5) is 18.7. The number of nitrogens with zero attached hydrogens (tertiary/aromatic N) is 5. The molecule has 0 aliphatic rings. The van der Waals surface area contributed by atoms with E-state index in [9.17, 15) is 4.79 Å². The fraction of sp³-hybridized carbons (Fsp3) is 0.125. The van der Waals surface area contributed by atoms with Gasteiger partial charge in [-0.05, 0) is 0 Å². The molecule has 0 spiro atoms. The van der Waals surface area contributed by atoms with Crippen LogP contribution in [0.3, 0.4) is 0 Å². The minimum atomic E-state index is -0.619. The van der Waals surface area contributed by atoms with Crippen molar-refractivity contribution in [3.8, 4) is 11.5 Å². The van der Waals surface area contributed by atoms with Crippen LogP contribution in [0.2, 0.25) is 0 Å². The van der Waals surface area contributed by atoms with E-state index in [4.69, 9.17) is 5.73 Å². The van der Waals surface area contributed by atoms with E-state index in [1.165, 1.54) is 12.4 Å². The first-order chi connectivity index (χ1) is 7.59. The van der Waals surface area contributed by atoms with Crippen LogP contribution in [0.5, 0.6) is 0 Å². The van der Waals surface area contributed by atoms with E-state index in [0.717, 1.165) is 0 Å². The predicted molar refractivity (Wildman–Crippen MR) is 57.8 cm³/mol. The molecule has 1 amide bonds. The second-order valence-electron chi connectivity index (χ2n) is 3.03. The lowest BCUT2D eigenvalue weighted by atomic mass is 10.4. The van der Waals surface area contributed by atoms with Crippen molar-refractivity contribution in [1.82, 2.24) is 24.7 Å². The molecule has 2 aromatic heterocycles. The van der Waals surface area contributed by atoms with Gasteiger partial charge in [0.05, 0.1) is 12.4 Å². The number of aromatic nitrogens is 5. The summed E-state index contributed by atoms with van der Waals surface area (Å²) in [7, 11) is 1.75. The molecular formula is C8H8N6OS. The average molecular weight is 236 g/mol. The van der Waals surface area contributed by atoms with Gasteiger partial charge in [-0.1, -0.05) is 0 Å². The predicted octanol–water partition coefficient (Wildman–Crippen LogP) is -0.340. The Morgan fingerprint density at radius 1 is 1.38 bits per heavy atom. The highest BCUT2D eigenvalue weighted by Gasteiger charge is 2.11. The van der Waals surface area contributed by atoms with Gasteiger partial charge in [-0.15, -0.1) is 22.8 Å². The molecule has 2 aromatic rings. The van der Waals surface area contributed by atoms with E-state index in [1.807, 2.05) is 0 Å². The number of primary amides is 1. The molecule has 0 atom stereocenters. The quantitative estimate of drug-likeness (QED) is 0.695. The lowest BCUT2D eigenvalue weighted by Gasteiger charge is -2.00. The first-order valence-corrected chi connectivity index (χ1v) is 4.75. The van der Waals surface area contributed by atoms with Crippen LogP contribution >= 0.6 is 12.6 Å². The van der Waals surface area contributed by atoms with Gasteiger partial charge in [0.15, 0.2) is 11.0 Å². The van der Waals surface area contributed by atoms with Crippen LogP contribution in [0.15, 0.2) is 17.6 Å². The maximum atomic E-state index is 10.8. The van der Waals surface area contributed by atoms with Crippen LogP contribution in [0.1, 0.15) is 10.5 Å². The highest BCUT2D eigenvalue weighted by Crippen LogP contribution is 2.14. The Balaban J connectivity index is 2.42. The lowest BCUT2D eigenvalue weighted by molar-refractivity contribution is 0.0995. The van der Waals surface area contributed by atoms with Gasteiger partial charge in [0.25, 0.3) is 5.91 Å². The third-order valence-corrected chi connectivity index (χ3v) is 2.37. The van der Waals surface area contributed by atoms with Crippen molar-refractivity contribution in [3.05, 3.63) is 18.1 Å². The molecule has 0 fully saturated rings. The third kappa shape index (κ3) is 1.74. The fourth-order valence-corrected chi connectivity index (χ4v) is 1.25. The zero-order valence-corrected chi connectivity index (χ0v) is 9.22. The van der Waals surface area contributed by atoms with E-state index < -0.39 is 5.91 Å².